The zero-order valence-corrected chi connectivity index (χ0v) is 10.9. The number of nitrogens with two attached hydrogens (primary N) is 1. The molecule has 4 heteroatoms. The predicted octanol–water partition coefficient (Wildman–Crippen LogP) is 2.73. The molecule has 0 aliphatic carbocycles. The highest BCUT2D eigenvalue weighted by molar-refractivity contribution is 6.33. The Morgan fingerprint density at radius 2 is 1.88 bits per heavy atom. The van der Waals surface area contributed by atoms with Crippen molar-refractivity contribution >= 4 is 11.6 Å². The summed E-state index contributed by atoms with van der Waals surface area (Å²) in [7, 11) is 3.20. The van der Waals surface area contributed by atoms with Crippen LogP contribution in [0.2, 0.25) is 5.02 Å². The summed E-state index contributed by atoms with van der Waals surface area (Å²) in [5, 5.41) is 0.514. The summed E-state index contributed by atoms with van der Waals surface area (Å²) in [4.78, 5) is 0. The summed E-state index contributed by atoms with van der Waals surface area (Å²) in [6.45, 7) is 4.55. The van der Waals surface area contributed by atoms with E-state index in [2.05, 4.69) is 0 Å². The molecule has 0 aliphatic rings. The van der Waals surface area contributed by atoms with E-state index in [0.717, 1.165) is 11.1 Å². The van der Waals surface area contributed by atoms with E-state index in [4.69, 9.17) is 26.8 Å². The number of hydrogen-bond donors (Lipinski definition) is 1. The average molecular weight is 244 g/mol. The van der Waals surface area contributed by atoms with E-state index in [1.807, 2.05) is 19.9 Å². The number of hydrogen-bond acceptors (Lipinski definition) is 3. The van der Waals surface area contributed by atoms with Gasteiger partial charge in [0.15, 0.2) is 0 Å². The first-order valence-electron chi connectivity index (χ1n) is 5.17. The first-order valence-corrected chi connectivity index (χ1v) is 5.55. The minimum atomic E-state index is 0.206. The molecule has 90 valence electrons. The quantitative estimate of drug-likeness (QED) is 0.885. The lowest BCUT2D eigenvalue weighted by Crippen LogP contribution is -2.11. The molecular formula is C12H18ClNO2. The van der Waals surface area contributed by atoms with Gasteiger partial charge in [-0.2, -0.15) is 0 Å². The van der Waals surface area contributed by atoms with Gasteiger partial charge in [0, 0.05) is 5.56 Å². The molecule has 1 rings (SSSR count). The van der Waals surface area contributed by atoms with Crippen LogP contribution in [0.4, 0.5) is 0 Å². The number of methoxy groups -OCH3 is 2. The van der Waals surface area contributed by atoms with E-state index in [1.54, 1.807) is 14.2 Å². The van der Waals surface area contributed by atoms with Gasteiger partial charge < -0.3 is 15.2 Å². The number of rotatable bonds is 4. The molecule has 1 atom stereocenters. The van der Waals surface area contributed by atoms with Gasteiger partial charge in [-0.15, -0.1) is 0 Å². The van der Waals surface area contributed by atoms with Crippen molar-refractivity contribution in [1.29, 1.82) is 0 Å². The Morgan fingerprint density at radius 3 is 2.31 bits per heavy atom. The van der Waals surface area contributed by atoms with Crippen LogP contribution in [-0.4, -0.2) is 20.8 Å². The first-order chi connectivity index (χ1) is 7.56. The molecule has 0 bridgehead atoms. The summed E-state index contributed by atoms with van der Waals surface area (Å²) in [6, 6.07) is 2.01. The summed E-state index contributed by atoms with van der Waals surface area (Å²) >= 11 is 6.23. The molecule has 0 saturated carbocycles. The molecule has 0 spiro atoms. The van der Waals surface area contributed by atoms with E-state index in [1.165, 1.54) is 0 Å². The topological polar surface area (TPSA) is 44.5 Å². The summed E-state index contributed by atoms with van der Waals surface area (Å²) in [6.07, 6.45) is 0. The molecule has 0 amide bonds. The number of halogens is 1. The van der Waals surface area contributed by atoms with Crippen molar-refractivity contribution in [2.75, 3.05) is 20.8 Å². The second kappa shape index (κ2) is 5.41. The largest absolute Gasteiger partial charge is 0.495 e. The molecule has 0 radical (unpaired) electrons. The van der Waals surface area contributed by atoms with Gasteiger partial charge in [-0.3, -0.25) is 0 Å². The Kier molecular flexibility index (Phi) is 4.44. The van der Waals surface area contributed by atoms with Crippen LogP contribution < -0.4 is 15.2 Å². The Hall–Kier alpha value is -0.930. The zero-order valence-electron chi connectivity index (χ0n) is 10.1. The fraction of sp³-hybridized carbons (Fsp3) is 0.500. The molecule has 0 heterocycles. The van der Waals surface area contributed by atoms with Crippen LogP contribution in [0.3, 0.4) is 0 Å². The summed E-state index contributed by atoms with van der Waals surface area (Å²) in [5.41, 5.74) is 7.68. The lowest BCUT2D eigenvalue weighted by molar-refractivity contribution is 0.387. The van der Waals surface area contributed by atoms with Crippen LogP contribution in [0.25, 0.3) is 0 Å². The van der Waals surface area contributed by atoms with E-state index < -0.39 is 0 Å². The van der Waals surface area contributed by atoms with Crippen molar-refractivity contribution in [3.05, 3.63) is 22.2 Å². The lowest BCUT2D eigenvalue weighted by atomic mass is 9.97. The van der Waals surface area contributed by atoms with Crippen LogP contribution in [0.15, 0.2) is 6.07 Å². The van der Waals surface area contributed by atoms with Gasteiger partial charge in [-0.25, -0.2) is 0 Å². The predicted molar refractivity (Wildman–Crippen MR) is 66.8 cm³/mol. The van der Waals surface area contributed by atoms with Crippen molar-refractivity contribution in [3.63, 3.8) is 0 Å². The molecule has 1 aromatic carbocycles. The third kappa shape index (κ3) is 2.25. The van der Waals surface area contributed by atoms with Crippen LogP contribution in [-0.2, 0) is 0 Å². The molecule has 0 fully saturated rings. The zero-order chi connectivity index (χ0) is 12.3. The van der Waals surface area contributed by atoms with Gasteiger partial charge in [0.1, 0.15) is 16.5 Å². The monoisotopic (exact) mass is 243 g/mol. The third-order valence-electron chi connectivity index (χ3n) is 2.68. The molecule has 1 aromatic rings. The highest BCUT2D eigenvalue weighted by Crippen LogP contribution is 2.42. The standard InChI is InChI=1S/C12H18ClNO2/c1-7-5-9(8(2)6-14)12(16-4)10(13)11(7)15-3/h5,8H,6,14H2,1-4H3. The maximum atomic E-state index is 6.23. The highest BCUT2D eigenvalue weighted by atomic mass is 35.5. The number of aryl methyl sites for hydroxylation is 1. The maximum Gasteiger partial charge on any atom is 0.144 e. The molecular weight excluding hydrogens is 226 g/mol. The molecule has 0 aromatic heterocycles. The fourth-order valence-electron chi connectivity index (χ4n) is 1.72. The lowest BCUT2D eigenvalue weighted by Gasteiger charge is -2.18. The third-order valence-corrected chi connectivity index (χ3v) is 3.03. The van der Waals surface area contributed by atoms with Crippen LogP contribution >= 0.6 is 11.6 Å². The normalized spacial score (nSPS) is 12.4. The SMILES string of the molecule is COc1c(C)cc(C(C)CN)c(OC)c1Cl. The van der Waals surface area contributed by atoms with Gasteiger partial charge in [0.2, 0.25) is 0 Å². The summed E-state index contributed by atoms with van der Waals surface area (Å²) in [5.74, 6) is 1.52. The molecule has 3 nitrogen and oxygen atoms in total. The second-order valence-electron chi connectivity index (χ2n) is 3.80. The minimum Gasteiger partial charge on any atom is -0.495 e. The fourth-order valence-corrected chi connectivity index (χ4v) is 2.13. The number of ether oxygens (including phenoxy) is 2. The van der Waals surface area contributed by atoms with E-state index in [9.17, 15) is 0 Å². The smallest absolute Gasteiger partial charge is 0.144 e. The van der Waals surface area contributed by atoms with Crippen LogP contribution in [0.1, 0.15) is 24.0 Å². The Bertz CT molecular complexity index is 380. The molecule has 0 aliphatic heterocycles. The molecule has 0 saturated heterocycles. The molecule has 1 unspecified atom stereocenters. The van der Waals surface area contributed by atoms with Crippen molar-refractivity contribution in [2.45, 2.75) is 19.8 Å². The van der Waals surface area contributed by atoms with Gasteiger partial charge in [0.25, 0.3) is 0 Å². The minimum absolute atomic E-state index is 0.206. The molecule has 2 N–H and O–H groups in total. The van der Waals surface area contributed by atoms with Crippen molar-refractivity contribution in [2.24, 2.45) is 5.73 Å². The van der Waals surface area contributed by atoms with Crippen molar-refractivity contribution in [3.8, 4) is 11.5 Å². The van der Waals surface area contributed by atoms with Gasteiger partial charge in [-0.1, -0.05) is 18.5 Å². The van der Waals surface area contributed by atoms with Gasteiger partial charge in [0.05, 0.1) is 14.2 Å². The Balaban J connectivity index is 3.40. The van der Waals surface area contributed by atoms with E-state index in [-0.39, 0.29) is 5.92 Å². The number of benzene rings is 1. The Morgan fingerprint density at radius 1 is 1.31 bits per heavy atom. The van der Waals surface area contributed by atoms with Gasteiger partial charge >= 0.3 is 0 Å². The van der Waals surface area contributed by atoms with Crippen LogP contribution in [0, 0.1) is 6.92 Å². The highest BCUT2D eigenvalue weighted by Gasteiger charge is 2.19. The average Bonchev–Trinajstić information content (AvgIpc) is 2.28. The van der Waals surface area contributed by atoms with Crippen molar-refractivity contribution < 1.29 is 9.47 Å². The Labute approximate surface area is 101 Å². The van der Waals surface area contributed by atoms with E-state index >= 15 is 0 Å². The van der Waals surface area contributed by atoms with E-state index in [0.29, 0.717) is 23.1 Å². The van der Waals surface area contributed by atoms with Gasteiger partial charge in [-0.05, 0) is 31.0 Å². The van der Waals surface area contributed by atoms with Crippen LogP contribution in [0.5, 0.6) is 11.5 Å². The first kappa shape index (κ1) is 13.1. The summed E-state index contributed by atoms with van der Waals surface area (Å²) < 4.78 is 10.6. The second-order valence-corrected chi connectivity index (χ2v) is 4.18. The van der Waals surface area contributed by atoms with Crippen molar-refractivity contribution in [1.82, 2.24) is 0 Å². The maximum absolute atomic E-state index is 6.23. The molecule has 16 heavy (non-hydrogen) atoms.